The van der Waals surface area contributed by atoms with E-state index >= 15 is 0 Å². The van der Waals surface area contributed by atoms with Crippen molar-refractivity contribution in [1.29, 1.82) is 0 Å². The van der Waals surface area contributed by atoms with Gasteiger partial charge in [0, 0.05) is 35.2 Å². The summed E-state index contributed by atoms with van der Waals surface area (Å²) in [5, 5.41) is 3.26. The number of carbonyl (C=O) groups excluding carboxylic acids is 2. The van der Waals surface area contributed by atoms with Gasteiger partial charge in [0.05, 0.1) is 12.2 Å². The second-order valence-electron chi connectivity index (χ2n) is 7.76. The minimum absolute atomic E-state index is 0.0265. The number of halogens is 1. The van der Waals surface area contributed by atoms with Gasteiger partial charge < -0.3 is 14.5 Å². The van der Waals surface area contributed by atoms with Gasteiger partial charge in [0.25, 0.3) is 5.91 Å². The van der Waals surface area contributed by atoms with Gasteiger partial charge in [-0.25, -0.2) is 4.39 Å². The van der Waals surface area contributed by atoms with Gasteiger partial charge in [-0.3, -0.25) is 9.59 Å². The molecule has 6 heteroatoms. The van der Waals surface area contributed by atoms with Crippen LogP contribution in [0.1, 0.15) is 40.1 Å². The van der Waals surface area contributed by atoms with E-state index in [1.165, 1.54) is 19.1 Å². The fourth-order valence-electron chi connectivity index (χ4n) is 3.95. The first-order chi connectivity index (χ1) is 15.8. The molecule has 0 bridgehead atoms. The highest BCUT2D eigenvalue weighted by atomic mass is 19.1. The fourth-order valence-corrected chi connectivity index (χ4v) is 3.95. The molecule has 33 heavy (non-hydrogen) atoms. The maximum absolute atomic E-state index is 13.5. The first-order valence-corrected chi connectivity index (χ1v) is 10.7. The Hall–Kier alpha value is -3.93. The van der Waals surface area contributed by atoms with Crippen LogP contribution in [0.15, 0.2) is 59.0 Å². The van der Waals surface area contributed by atoms with Crippen molar-refractivity contribution in [3.05, 3.63) is 77.1 Å². The van der Waals surface area contributed by atoms with E-state index in [1.807, 2.05) is 38.1 Å². The second-order valence-corrected chi connectivity index (χ2v) is 7.76. The molecule has 3 aromatic carbocycles. The molecular formula is C27H24FNO4. The third-order valence-corrected chi connectivity index (χ3v) is 5.58. The lowest BCUT2D eigenvalue weighted by atomic mass is 9.95. The van der Waals surface area contributed by atoms with Crippen molar-refractivity contribution < 1.29 is 23.1 Å². The Labute approximate surface area is 191 Å². The van der Waals surface area contributed by atoms with Crippen LogP contribution in [-0.4, -0.2) is 25.3 Å². The molecule has 4 rings (SSSR count). The Morgan fingerprint density at radius 3 is 2.36 bits per heavy atom. The van der Waals surface area contributed by atoms with Crippen LogP contribution in [0.5, 0.6) is 5.75 Å². The molecular weight excluding hydrogens is 421 g/mol. The van der Waals surface area contributed by atoms with Gasteiger partial charge in [-0.05, 0) is 68.3 Å². The zero-order chi connectivity index (χ0) is 23.7. The lowest BCUT2D eigenvalue weighted by Gasteiger charge is -2.13. The van der Waals surface area contributed by atoms with Gasteiger partial charge in [-0.15, -0.1) is 0 Å². The van der Waals surface area contributed by atoms with E-state index in [0.29, 0.717) is 45.8 Å². The number of hydrogen-bond donors (Lipinski definition) is 1. The topological polar surface area (TPSA) is 68.5 Å². The Morgan fingerprint density at radius 2 is 1.73 bits per heavy atom. The molecule has 1 aromatic heterocycles. The predicted molar refractivity (Wildman–Crippen MR) is 126 cm³/mol. The lowest BCUT2D eigenvalue weighted by molar-refractivity contribution is 0.0963. The molecule has 0 unspecified atom stereocenters. The normalized spacial score (nSPS) is 10.9. The molecule has 0 fully saturated rings. The highest BCUT2D eigenvalue weighted by Crippen LogP contribution is 2.41. The molecule has 0 saturated carbocycles. The summed E-state index contributed by atoms with van der Waals surface area (Å²) in [7, 11) is 1.55. The number of rotatable bonds is 6. The smallest absolute Gasteiger partial charge is 0.255 e. The van der Waals surface area contributed by atoms with Crippen LogP contribution < -0.4 is 10.1 Å². The molecule has 0 spiro atoms. The summed E-state index contributed by atoms with van der Waals surface area (Å²) in [4.78, 5) is 25.0. The number of hydrogen-bond acceptors (Lipinski definition) is 4. The maximum atomic E-state index is 13.5. The number of Topliss-reactive ketones (excluding diaryl/α,β-unsaturated/α-hetero) is 1. The first-order valence-electron chi connectivity index (χ1n) is 10.7. The minimum atomic E-state index is -0.377. The zero-order valence-electron chi connectivity index (χ0n) is 18.9. The van der Waals surface area contributed by atoms with Gasteiger partial charge in [-0.2, -0.15) is 0 Å². The summed E-state index contributed by atoms with van der Waals surface area (Å²) >= 11 is 0. The molecule has 0 aliphatic rings. The summed E-state index contributed by atoms with van der Waals surface area (Å²) in [6, 6.07) is 15.0. The number of ketones is 1. The Kier molecular flexibility index (Phi) is 6.01. The summed E-state index contributed by atoms with van der Waals surface area (Å²) in [6.07, 6.45) is 0. The molecule has 0 aliphatic heterocycles. The number of fused-ring (bicyclic) bond motifs is 1. The zero-order valence-corrected chi connectivity index (χ0v) is 18.9. The third kappa shape index (κ3) is 4.12. The SMILES string of the molecule is CCOc1cc2oc(-c3ccc(F)cc3)c(C(=O)NC)c2cc1-c1ccc(C)c(C(C)=O)c1. The number of ether oxygens (including phenoxy) is 1. The quantitative estimate of drug-likeness (QED) is 0.360. The summed E-state index contributed by atoms with van der Waals surface area (Å²) in [5.41, 5.74) is 4.45. The molecule has 1 amide bonds. The van der Waals surface area contributed by atoms with Crippen LogP contribution in [0.3, 0.4) is 0 Å². The van der Waals surface area contributed by atoms with E-state index in [9.17, 15) is 14.0 Å². The predicted octanol–water partition coefficient (Wildman–Crippen LogP) is 6.18. The van der Waals surface area contributed by atoms with Crippen molar-refractivity contribution in [3.63, 3.8) is 0 Å². The molecule has 0 saturated heterocycles. The number of amides is 1. The number of benzene rings is 3. The van der Waals surface area contributed by atoms with Crippen molar-refractivity contribution in [2.45, 2.75) is 20.8 Å². The summed E-state index contributed by atoms with van der Waals surface area (Å²) < 4.78 is 25.5. The van der Waals surface area contributed by atoms with E-state index in [0.717, 1.165) is 16.7 Å². The maximum Gasteiger partial charge on any atom is 0.255 e. The molecule has 168 valence electrons. The summed E-state index contributed by atoms with van der Waals surface area (Å²) in [5.74, 6) is 0.194. The average molecular weight is 445 g/mol. The molecule has 0 atom stereocenters. The van der Waals surface area contributed by atoms with E-state index in [4.69, 9.17) is 9.15 Å². The van der Waals surface area contributed by atoms with Gasteiger partial charge in [0.2, 0.25) is 0 Å². The van der Waals surface area contributed by atoms with Gasteiger partial charge in [-0.1, -0.05) is 12.1 Å². The molecule has 5 nitrogen and oxygen atoms in total. The Morgan fingerprint density at radius 1 is 1.03 bits per heavy atom. The van der Waals surface area contributed by atoms with Crippen LogP contribution in [0.25, 0.3) is 33.4 Å². The number of aryl methyl sites for hydroxylation is 1. The Bertz CT molecular complexity index is 1370. The van der Waals surface area contributed by atoms with Crippen LogP contribution in [0.2, 0.25) is 0 Å². The largest absolute Gasteiger partial charge is 0.493 e. The highest BCUT2D eigenvalue weighted by Gasteiger charge is 2.24. The molecule has 0 radical (unpaired) electrons. The van der Waals surface area contributed by atoms with E-state index in [-0.39, 0.29) is 17.5 Å². The van der Waals surface area contributed by atoms with Crippen molar-refractivity contribution in [2.75, 3.05) is 13.7 Å². The molecule has 4 aromatic rings. The second kappa shape index (κ2) is 8.90. The monoisotopic (exact) mass is 445 g/mol. The first kappa shape index (κ1) is 22.3. The number of carbonyl (C=O) groups is 2. The van der Waals surface area contributed by atoms with Crippen molar-refractivity contribution >= 4 is 22.7 Å². The van der Waals surface area contributed by atoms with Gasteiger partial charge in [0.1, 0.15) is 22.9 Å². The van der Waals surface area contributed by atoms with Crippen LogP contribution in [0.4, 0.5) is 4.39 Å². The lowest BCUT2D eigenvalue weighted by Crippen LogP contribution is -2.18. The van der Waals surface area contributed by atoms with E-state index in [1.54, 1.807) is 25.2 Å². The molecule has 1 N–H and O–H groups in total. The van der Waals surface area contributed by atoms with Crippen LogP contribution in [-0.2, 0) is 0 Å². The van der Waals surface area contributed by atoms with Crippen molar-refractivity contribution in [3.8, 4) is 28.2 Å². The number of furan rings is 1. The highest BCUT2D eigenvalue weighted by molar-refractivity contribution is 6.12. The minimum Gasteiger partial charge on any atom is -0.493 e. The van der Waals surface area contributed by atoms with Crippen LogP contribution >= 0.6 is 0 Å². The van der Waals surface area contributed by atoms with Gasteiger partial charge >= 0.3 is 0 Å². The molecule has 1 heterocycles. The Balaban J connectivity index is 2.01. The molecule has 0 aliphatic carbocycles. The standard InChI is InChI=1S/C27H24FNO4/c1-5-32-23-14-24-22(13-21(23)18-7-6-15(2)20(12-18)16(3)30)25(27(31)29-4)26(33-24)17-8-10-19(28)11-9-17/h6-14H,5H2,1-4H3,(H,29,31). The summed E-state index contributed by atoms with van der Waals surface area (Å²) in [6.45, 7) is 5.74. The average Bonchev–Trinajstić information content (AvgIpc) is 3.17. The van der Waals surface area contributed by atoms with E-state index in [2.05, 4.69) is 5.32 Å². The van der Waals surface area contributed by atoms with Crippen LogP contribution in [0, 0.1) is 12.7 Å². The van der Waals surface area contributed by atoms with E-state index < -0.39 is 0 Å². The third-order valence-electron chi connectivity index (χ3n) is 5.58. The van der Waals surface area contributed by atoms with Gasteiger partial charge in [0.15, 0.2) is 5.78 Å². The number of nitrogens with one attached hydrogen (secondary N) is 1. The fraction of sp³-hybridized carbons (Fsp3) is 0.185. The van der Waals surface area contributed by atoms with Crippen molar-refractivity contribution in [1.82, 2.24) is 5.32 Å². The van der Waals surface area contributed by atoms with Crippen molar-refractivity contribution in [2.24, 2.45) is 0 Å².